The van der Waals surface area contributed by atoms with Crippen LogP contribution in [-0.2, 0) is 14.3 Å². The van der Waals surface area contributed by atoms with Crippen molar-refractivity contribution in [3.8, 4) is 0 Å². The molecule has 1 aromatic rings. The number of rotatable bonds is 5. The Labute approximate surface area is 160 Å². The van der Waals surface area contributed by atoms with Gasteiger partial charge in [0, 0.05) is 24.6 Å². The Kier molecular flexibility index (Phi) is 6.82. The molecular weight excluding hydrogens is 344 g/mol. The normalized spacial score (nSPS) is 20.5. The van der Waals surface area contributed by atoms with E-state index in [0.717, 1.165) is 31.6 Å². The summed E-state index contributed by atoms with van der Waals surface area (Å²) in [6, 6.07) is 7.15. The van der Waals surface area contributed by atoms with Gasteiger partial charge in [0.1, 0.15) is 5.54 Å². The zero-order valence-corrected chi connectivity index (χ0v) is 15.8. The van der Waals surface area contributed by atoms with Gasteiger partial charge in [0.2, 0.25) is 11.8 Å². The van der Waals surface area contributed by atoms with Crippen molar-refractivity contribution >= 4 is 23.2 Å². The van der Waals surface area contributed by atoms with Crippen LogP contribution in [-0.4, -0.2) is 55.1 Å². The van der Waals surface area contributed by atoms with E-state index in [1.807, 2.05) is 0 Å². The molecule has 2 heterocycles. The van der Waals surface area contributed by atoms with Crippen LogP contribution in [0.2, 0.25) is 0 Å². The predicted molar refractivity (Wildman–Crippen MR) is 106 cm³/mol. The Morgan fingerprint density at radius 2 is 1.52 bits per heavy atom. The lowest BCUT2D eigenvalue weighted by Crippen LogP contribution is -2.54. The molecule has 2 amide bonds. The van der Waals surface area contributed by atoms with Crippen LogP contribution in [0.15, 0.2) is 24.3 Å². The number of benzene rings is 1. The summed E-state index contributed by atoms with van der Waals surface area (Å²) in [4.78, 5) is 26.9. The molecule has 0 spiro atoms. The lowest BCUT2D eigenvalue weighted by atomic mass is 9.90. The summed E-state index contributed by atoms with van der Waals surface area (Å²) in [5.74, 6) is -0.194. The monoisotopic (exact) mass is 374 g/mol. The van der Waals surface area contributed by atoms with Crippen LogP contribution in [0.3, 0.4) is 0 Å². The van der Waals surface area contributed by atoms with Gasteiger partial charge in [0.25, 0.3) is 0 Å². The minimum atomic E-state index is -0.877. The van der Waals surface area contributed by atoms with Crippen LogP contribution in [0.25, 0.3) is 0 Å². The first-order chi connectivity index (χ1) is 13.0. The largest absolute Gasteiger partial charge is 0.381 e. The third-order valence-corrected chi connectivity index (χ3v) is 5.33. The second kappa shape index (κ2) is 9.30. The first-order valence-electron chi connectivity index (χ1n) is 9.85. The van der Waals surface area contributed by atoms with E-state index in [1.54, 1.807) is 24.3 Å². The van der Waals surface area contributed by atoms with Crippen LogP contribution in [0.1, 0.15) is 38.5 Å². The maximum absolute atomic E-state index is 12.4. The number of likely N-dealkylation sites (tertiary alicyclic amines) is 1. The fourth-order valence-corrected chi connectivity index (χ4v) is 3.55. The fourth-order valence-electron chi connectivity index (χ4n) is 3.55. The number of amides is 2. The van der Waals surface area contributed by atoms with Gasteiger partial charge < -0.3 is 21.1 Å². The molecule has 0 unspecified atom stereocenters. The topological polar surface area (TPSA) is 96.7 Å². The molecule has 0 aromatic heterocycles. The number of nitrogens with two attached hydrogens (primary N) is 1. The zero-order chi connectivity index (χ0) is 19.1. The number of carbonyl (C=O) groups excluding carboxylic acids is 2. The summed E-state index contributed by atoms with van der Waals surface area (Å²) in [6.45, 7) is 3.42. The molecule has 0 radical (unpaired) electrons. The van der Waals surface area contributed by atoms with Crippen molar-refractivity contribution in [1.82, 2.24) is 4.90 Å². The molecule has 1 aromatic carbocycles. The SMILES string of the molecule is NC1(C(=O)Nc2ccc(NC(=O)CN3CCCCCC3)cc2)CCOCC1. The molecule has 0 bridgehead atoms. The van der Waals surface area contributed by atoms with Gasteiger partial charge in [-0.3, -0.25) is 14.5 Å². The lowest BCUT2D eigenvalue weighted by molar-refractivity contribution is -0.124. The number of hydrogen-bond donors (Lipinski definition) is 3. The van der Waals surface area contributed by atoms with Gasteiger partial charge in [-0.25, -0.2) is 0 Å². The Morgan fingerprint density at radius 1 is 0.963 bits per heavy atom. The first-order valence-corrected chi connectivity index (χ1v) is 9.85. The van der Waals surface area contributed by atoms with Crippen molar-refractivity contribution in [3.05, 3.63) is 24.3 Å². The molecule has 148 valence electrons. The molecule has 2 saturated heterocycles. The highest BCUT2D eigenvalue weighted by Crippen LogP contribution is 2.21. The van der Waals surface area contributed by atoms with E-state index in [2.05, 4.69) is 15.5 Å². The predicted octanol–water partition coefficient (Wildman–Crippen LogP) is 1.95. The molecular formula is C20H30N4O3. The minimum Gasteiger partial charge on any atom is -0.381 e. The standard InChI is InChI=1S/C20H30N4O3/c21-20(9-13-27-14-10-20)19(26)23-17-7-5-16(6-8-17)22-18(25)15-24-11-3-1-2-4-12-24/h5-8H,1-4,9-15,21H2,(H,22,25)(H,23,26). The maximum atomic E-state index is 12.4. The third-order valence-electron chi connectivity index (χ3n) is 5.33. The number of ether oxygens (including phenoxy) is 1. The van der Waals surface area contributed by atoms with E-state index < -0.39 is 5.54 Å². The lowest BCUT2D eigenvalue weighted by Gasteiger charge is -2.31. The fraction of sp³-hybridized carbons (Fsp3) is 0.600. The van der Waals surface area contributed by atoms with Crippen LogP contribution in [0, 0.1) is 0 Å². The van der Waals surface area contributed by atoms with Gasteiger partial charge in [-0.05, 0) is 63.0 Å². The van der Waals surface area contributed by atoms with Gasteiger partial charge in [0.15, 0.2) is 0 Å². The third kappa shape index (κ3) is 5.76. The van der Waals surface area contributed by atoms with Crippen molar-refractivity contribution in [2.45, 2.75) is 44.1 Å². The highest BCUT2D eigenvalue weighted by Gasteiger charge is 2.35. The Bertz CT molecular complexity index is 633. The van der Waals surface area contributed by atoms with Crippen LogP contribution in [0.5, 0.6) is 0 Å². The molecule has 2 aliphatic rings. The molecule has 0 atom stereocenters. The van der Waals surface area contributed by atoms with Crippen molar-refractivity contribution in [1.29, 1.82) is 0 Å². The van der Waals surface area contributed by atoms with Gasteiger partial charge in [-0.15, -0.1) is 0 Å². The molecule has 7 nitrogen and oxygen atoms in total. The Balaban J connectivity index is 1.49. The van der Waals surface area contributed by atoms with E-state index in [4.69, 9.17) is 10.5 Å². The number of anilines is 2. The molecule has 7 heteroatoms. The summed E-state index contributed by atoms with van der Waals surface area (Å²) in [5, 5.41) is 5.79. The average Bonchev–Trinajstić information content (AvgIpc) is 2.92. The molecule has 3 rings (SSSR count). The van der Waals surface area contributed by atoms with Crippen LogP contribution >= 0.6 is 0 Å². The van der Waals surface area contributed by atoms with Crippen molar-refractivity contribution < 1.29 is 14.3 Å². The Hall–Kier alpha value is -1.96. The van der Waals surface area contributed by atoms with Gasteiger partial charge >= 0.3 is 0 Å². The second-order valence-corrected chi connectivity index (χ2v) is 7.54. The van der Waals surface area contributed by atoms with Crippen molar-refractivity contribution in [2.75, 3.05) is 43.5 Å². The van der Waals surface area contributed by atoms with Crippen LogP contribution < -0.4 is 16.4 Å². The Morgan fingerprint density at radius 3 is 2.11 bits per heavy atom. The summed E-state index contributed by atoms with van der Waals surface area (Å²) in [5.41, 5.74) is 6.71. The van der Waals surface area contributed by atoms with Crippen molar-refractivity contribution in [3.63, 3.8) is 0 Å². The maximum Gasteiger partial charge on any atom is 0.244 e. The zero-order valence-electron chi connectivity index (χ0n) is 15.8. The van der Waals surface area contributed by atoms with Gasteiger partial charge in [-0.2, -0.15) is 0 Å². The number of carbonyl (C=O) groups is 2. The van der Waals surface area contributed by atoms with Gasteiger partial charge in [0.05, 0.1) is 6.54 Å². The summed E-state index contributed by atoms with van der Waals surface area (Å²) < 4.78 is 5.28. The van der Waals surface area contributed by atoms with E-state index in [0.29, 0.717) is 38.3 Å². The smallest absolute Gasteiger partial charge is 0.244 e. The summed E-state index contributed by atoms with van der Waals surface area (Å²) in [6.07, 6.45) is 5.87. The highest BCUT2D eigenvalue weighted by molar-refractivity contribution is 5.98. The van der Waals surface area contributed by atoms with E-state index in [1.165, 1.54) is 12.8 Å². The summed E-state index contributed by atoms with van der Waals surface area (Å²) >= 11 is 0. The molecule has 4 N–H and O–H groups in total. The molecule has 27 heavy (non-hydrogen) atoms. The summed E-state index contributed by atoms with van der Waals surface area (Å²) in [7, 11) is 0. The molecule has 0 aliphatic carbocycles. The molecule has 2 aliphatic heterocycles. The second-order valence-electron chi connectivity index (χ2n) is 7.54. The molecule has 0 saturated carbocycles. The average molecular weight is 374 g/mol. The van der Waals surface area contributed by atoms with E-state index in [-0.39, 0.29) is 11.8 Å². The highest BCUT2D eigenvalue weighted by atomic mass is 16.5. The number of hydrogen-bond acceptors (Lipinski definition) is 5. The quantitative estimate of drug-likeness (QED) is 0.732. The number of nitrogens with one attached hydrogen (secondary N) is 2. The van der Waals surface area contributed by atoms with E-state index >= 15 is 0 Å². The van der Waals surface area contributed by atoms with E-state index in [9.17, 15) is 9.59 Å². The number of nitrogens with zero attached hydrogens (tertiary/aromatic N) is 1. The first kappa shape index (κ1) is 19.8. The van der Waals surface area contributed by atoms with Gasteiger partial charge in [-0.1, -0.05) is 12.8 Å². The molecule has 2 fully saturated rings. The minimum absolute atomic E-state index is 0.00296. The van der Waals surface area contributed by atoms with Crippen molar-refractivity contribution in [2.24, 2.45) is 5.73 Å². The van der Waals surface area contributed by atoms with Crippen LogP contribution in [0.4, 0.5) is 11.4 Å².